The van der Waals surface area contributed by atoms with Gasteiger partial charge in [-0.2, -0.15) is 0 Å². The highest BCUT2D eigenvalue weighted by Crippen LogP contribution is 2.31. The molecule has 0 radical (unpaired) electrons. The molecule has 2 unspecified atom stereocenters. The minimum atomic E-state index is -0.543. The summed E-state index contributed by atoms with van der Waals surface area (Å²) < 4.78 is 3.78. The molecule has 2 aliphatic heterocycles. The molecular formula is C18H19N5O3S. The fraction of sp³-hybridized carbons (Fsp3) is 0.389. The monoisotopic (exact) mass is 385 g/mol. The number of urea groups is 1. The molecule has 0 spiro atoms. The maximum atomic E-state index is 12.9. The molecule has 140 valence electrons. The number of hydrogen-bond donors (Lipinski definition) is 1. The molecule has 4 amide bonds. The molecule has 1 aromatic carbocycles. The number of anilines is 1. The van der Waals surface area contributed by atoms with Crippen molar-refractivity contribution in [3.63, 3.8) is 0 Å². The van der Waals surface area contributed by atoms with Gasteiger partial charge in [0.15, 0.2) is 0 Å². The van der Waals surface area contributed by atoms with E-state index in [1.165, 1.54) is 4.90 Å². The number of piperidine rings is 1. The predicted octanol–water partition coefficient (Wildman–Crippen LogP) is 1.88. The van der Waals surface area contributed by atoms with E-state index in [2.05, 4.69) is 14.9 Å². The lowest BCUT2D eigenvalue weighted by Gasteiger charge is -2.32. The van der Waals surface area contributed by atoms with Crippen molar-refractivity contribution in [2.24, 2.45) is 0 Å². The number of benzene rings is 1. The number of carbonyl (C=O) groups excluding carboxylic acids is 3. The number of fused-ring (bicyclic) bond motifs is 1. The number of nitrogens with zero attached hydrogens (tertiary/aromatic N) is 4. The van der Waals surface area contributed by atoms with E-state index in [0.29, 0.717) is 35.6 Å². The molecule has 9 heteroatoms. The van der Waals surface area contributed by atoms with Gasteiger partial charge in [-0.3, -0.25) is 9.59 Å². The Labute approximate surface area is 160 Å². The smallest absolute Gasteiger partial charge is 0.332 e. The van der Waals surface area contributed by atoms with Crippen molar-refractivity contribution in [3.8, 4) is 0 Å². The van der Waals surface area contributed by atoms with E-state index in [1.54, 1.807) is 24.0 Å². The van der Waals surface area contributed by atoms with Crippen molar-refractivity contribution >= 4 is 35.1 Å². The van der Waals surface area contributed by atoms with Gasteiger partial charge in [-0.15, -0.1) is 5.10 Å². The summed E-state index contributed by atoms with van der Waals surface area (Å²) in [5, 5.41) is 6.80. The molecule has 8 nitrogen and oxygen atoms in total. The van der Waals surface area contributed by atoms with Gasteiger partial charge in [-0.1, -0.05) is 22.2 Å². The summed E-state index contributed by atoms with van der Waals surface area (Å²) in [6.07, 6.45) is 1.01. The van der Waals surface area contributed by atoms with Crippen LogP contribution < -0.4 is 10.2 Å². The maximum absolute atomic E-state index is 12.9. The van der Waals surface area contributed by atoms with Crippen molar-refractivity contribution in [1.82, 2.24) is 19.8 Å². The lowest BCUT2D eigenvalue weighted by Crippen LogP contribution is -2.49. The average molecular weight is 385 g/mol. The molecular weight excluding hydrogens is 366 g/mol. The Morgan fingerprint density at radius 1 is 1.22 bits per heavy atom. The number of aryl methyl sites for hydroxylation is 2. The van der Waals surface area contributed by atoms with Crippen molar-refractivity contribution in [2.75, 3.05) is 11.4 Å². The van der Waals surface area contributed by atoms with Crippen LogP contribution in [0.1, 0.15) is 33.8 Å². The van der Waals surface area contributed by atoms with E-state index >= 15 is 0 Å². The Morgan fingerprint density at radius 2 is 1.96 bits per heavy atom. The zero-order valence-corrected chi connectivity index (χ0v) is 15.8. The predicted molar refractivity (Wildman–Crippen MR) is 99.7 cm³/mol. The van der Waals surface area contributed by atoms with Gasteiger partial charge in [0, 0.05) is 12.6 Å². The summed E-state index contributed by atoms with van der Waals surface area (Å²) in [5.41, 5.74) is 2.23. The second-order valence-electron chi connectivity index (χ2n) is 6.88. The Balaban J connectivity index is 1.49. The molecule has 1 N–H and O–H groups in total. The summed E-state index contributed by atoms with van der Waals surface area (Å²) in [4.78, 5) is 41.3. The molecule has 2 aliphatic rings. The van der Waals surface area contributed by atoms with Gasteiger partial charge in [-0.25, -0.2) is 9.69 Å². The van der Waals surface area contributed by atoms with E-state index in [1.807, 2.05) is 19.1 Å². The number of amides is 4. The molecule has 27 heavy (non-hydrogen) atoms. The van der Waals surface area contributed by atoms with Crippen LogP contribution in [0.5, 0.6) is 0 Å². The van der Waals surface area contributed by atoms with Crippen LogP contribution in [0.25, 0.3) is 0 Å². The van der Waals surface area contributed by atoms with Crippen molar-refractivity contribution in [3.05, 3.63) is 40.4 Å². The highest BCUT2D eigenvalue weighted by molar-refractivity contribution is 7.08. The van der Waals surface area contributed by atoms with Crippen LogP contribution >= 0.6 is 11.5 Å². The van der Waals surface area contributed by atoms with Gasteiger partial charge in [0.2, 0.25) is 0 Å². The molecule has 4 rings (SSSR count). The molecule has 0 saturated carbocycles. The van der Waals surface area contributed by atoms with E-state index in [4.69, 9.17) is 0 Å². The van der Waals surface area contributed by atoms with Crippen LogP contribution in [0.15, 0.2) is 24.3 Å². The first kappa shape index (κ1) is 17.6. The summed E-state index contributed by atoms with van der Waals surface area (Å²) in [6, 6.07) is 6.31. The second-order valence-corrected chi connectivity index (χ2v) is 7.64. The maximum Gasteiger partial charge on any atom is 0.332 e. The first-order valence-electron chi connectivity index (χ1n) is 8.76. The minimum absolute atomic E-state index is 0.171. The molecule has 0 bridgehead atoms. The molecule has 1 aromatic heterocycles. The quantitative estimate of drug-likeness (QED) is 0.814. The van der Waals surface area contributed by atoms with Gasteiger partial charge >= 0.3 is 6.03 Å². The third-order valence-electron chi connectivity index (χ3n) is 5.03. The summed E-state index contributed by atoms with van der Waals surface area (Å²) >= 11 is 1.05. The van der Waals surface area contributed by atoms with Crippen LogP contribution in [0, 0.1) is 13.8 Å². The van der Waals surface area contributed by atoms with Gasteiger partial charge in [0.05, 0.1) is 11.4 Å². The standard InChI is InChI=1S/C18H19N5O3S/c1-10-3-5-13(6-4-10)23-17(25)14-9-12(7-8-22(14)18(23)26)19-16(24)15-11(2)20-21-27-15/h3-6,12,14H,7-9H2,1-2H3,(H,19,24). The van der Waals surface area contributed by atoms with Crippen LogP contribution in [0.4, 0.5) is 10.5 Å². The van der Waals surface area contributed by atoms with E-state index in [0.717, 1.165) is 17.1 Å². The molecule has 3 heterocycles. The van der Waals surface area contributed by atoms with E-state index < -0.39 is 6.04 Å². The van der Waals surface area contributed by atoms with Gasteiger partial charge in [-0.05, 0) is 50.4 Å². The number of imide groups is 1. The van der Waals surface area contributed by atoms with Gasteiger partial charge < -0.3 is 10.2 Å². The fourth-order valence-electron chi connectivity index (χ4n) is 3.55. The number of aromatic nitrogens is 2. The van der Waals surface area contributed by atoms with Crippen LogP contribution in [0.3, 0.4) is 0 Å². The van der Waals surface area contributed by atoms with Gasteiger partial charge in [0.25, 0.3) is 11.8 Å². The first-order valence-corrected chi connectivity index (χ1v) is 9.54. The lowest BCUT2D eigenvalue weighted by atomic mass is 9.98. The Morgan fingerprint density at radius 3 is 2.63 bits per heavy atom. The third-order valence-corrected chi connectivity index (χ3v) is 5.86. The van der Waals surface area contributed by atoms with E-state index in [9.17, 15) is 14.4 Å². The Hall–Kier alpha value is -2.81. The normalized spacial score (nSPS) is 22.1. The highest BCUT2D eigenvalue weighted by atomic mass is 32.1. The van der Waals surface area contributed by atoms with Crippen LogP contribution in [0.2, 0.25) is 0 Å². The van der Waals surface area contributed by atoms with Crippen molar-refractivity contribution < 1.29 is 14.4 Å². The van der Waals surface area contributed by atoms with Crippen molar-refractivity contribution in [2.45, 2.75) is 38.8 Å². The topological polar surface area (TPSA) is 95.5 Å². The largest absolute Gasteiger partial charge is 0.348 e. The van der Waals surface area contributed by atoms with Crippen LogP contribution in [-0.4, -0.2) is 51.0 Å². The van der Waals surface area contributed by atoms with Gasteiger partial charge in [0.1, 0.15) is 10.9 Å². The first-order chi connectivity index (χ1) is 13.0. The summed E-state index contributed by atoms with van der Waals surface area (Å²) in [6.45, 7) is 4.12. The Bertz CT molecular complexity index is 910. The van der Waals surface area contributed by atoms with E-state index in [-0.39, 0.29) is 23.9 Å². The van der Waals surface area contributed by atoms with Crippen LogP contribution in [-0.2, 0) is 4.79 Å². The number of rotatable bonds is 3. The SMILES string of the molecule is Cc1ccc(N2C(=O)C3CC(NC(=O)c4snnc4C)CCN3C2=O)cc1. The molecule has 0 aliphatic carbocycles. The third kappa shape index (κ3) is 3.08. The molecule has 2 atom stereocenters. The molecule has 2 aromatic rings. The highest BCUT2D eigenvalue weighted by Gasteiger charge is 2.48. The average Bonchev–Trinajstić information content (AvgIpc) is 3.18. The molecule has 2 fully saturated rings. The zero-order chi connectivity index (χ0) is 19.1. The molecule has 2 saturated heterocycles. The lowest BCUT2D eigenvalue weighted by molar-refractivity contribution is -0.120. The fourth-order valence-corrected chi connectivity index (χ4v) is 4.11. The summed E-state index contributed by atoms with van der Waals surface area (Å²) in [5.74, 6) is -0.466. The summed E-state index contributed by atoms with van der Waals surface area (Å²) in [7, 11) is 0. The Kier molecular flexibility index (Phi) is 4.39. The minimum Gasteiger partial charge on any atom is -0.348 e. The van der Waals surface area contributed by atoms with Crippen molar-refractivity contribution in [1.29, 1.82) is 0 Å². The number of nitrogens with one attached hydrogen (secondary N) is 1. The number of hydrogen-bond acceptors (Lipinski definition) is 6. The second kappa shape index (κ2) is 6.73. The number of carbonyl (C=O) groups is 3. The zero-order valence-electron chi connectivity index (χ0n) is 15.0.